The lowest BCUT2D eigenvalue weighted by Gasteiger charge is -2.17. The highest BCUT2D eigenvalue weighted by Gasteiger charge is 2.20. The summed E-state index contributed by atoms with van der Waals surface area (Å²) in [7, 11) is 4.25. The standard InChI is InChI=1S/C22H23BrN2O7/c1-12(22(28)29)24-21(27)16(9-13-5-7-15(23)8-6-13)25-20(26)14-10-17(30-2)19(32-4)18(11-14)31-3/h5-12H,1-4H3,(H,24,27)(H,25,26)(H,28,29)/p-1/b16-9-/t12-/m0/s1. The number of carboxylic acids is 1. The first-order chi connectivity index (χ1) is 15.2. The van der Waals surface area contributed by atoms with Gasteiger partial charge >= 0.3 is 0 Å². The van der Waals surface area contributed by atoms with Gasteiger partial charge in [-0.05, 0) is 42.8 Å². The number of rotatable bonds is 9. The van der Waals surface area contributed by atoms with Crippen LogP contribution in [0.2, 0.25) is 0 Å². The molecule has 0 spiro atoms. The van der Waals surface area contributed by atoms with Crippen molar-refractivity contribution in [1.29, 1.82) is 0 Å². The summed E-state index contributed by atoms with van der Waals surface area (Å²) in [4.78, 5) is 36.6. The summed E-state index contributed by atoms with van der Waals surface area (Å²) in [5.74, 6) is -2.10. The first-order valence-corrected chi connectivity index (χ1v) is 10.1. The van der Waals surface area contributed by atoms with Crippen LogP contribution >= 0.6 is 15.9 Å². The van der Waals surface area contributed by atoms with E-state index in [2.05, 4.69) is 26.6 Å². The Morgan fingerprint density at radius 1 is 1.00 bits per heavy atom. The third-order valence-electron chi connectivity index (χ3n) is 4.30. The van der Waals surface area contributed by atoms with Gasteiger partial charge in [0, 0.05) is 10.0 Å². The Kier molecular flexibility index (Phi) is 8.65. The Bertz CT molecular complexity index is 1010. The Balaban J connectivity index is 2.42. The quantitative estimate of drug-likeness (QED) is 0.494. The lowest BCUT2D eigenvalue weighted by atomic mass is 10.1. The Morgan fingerprint density at radius 2 is 1.56 bits per heavy atom. The summed E-state index contributed by atoms with van der Waals surface area (Å²) >= 11 is 3.32. The van der Waals surface area contributed by atoms with Gasteiger partial charge in [0.1, 0.15) is 5.70 Å². The van der Waals surface area contributed by atoms with Crippen LogP contribution in [0.25, 0.3) is 6.08 Å². The van der Waals surface area contributed by atoms with Gasteiger partial charge in [-0.25, -0.2) is 0 Å². The fraction of sp³-hybridized carbons (Fsp3) is 0.227. The molecule has 9 nitrogen and oxygen atoms in total. The second-order valence-electron chi connectivity index (χ2n) is 6.49. The average molecular weight is 506 g/mol. The molecule has 32 heavy (non-hydrogen) atoms. The van der Waals surface area contributed by atoms with Gasteiger partial charge in [0.15, 0.2) is 11.5 Å². The van der Waals surface area contributed by atoms with Crippen molar-refractivity contribution in [3.63, 3.8) is 0 Å². The molecule has 0 aliphatic rings. The molecule has 0 aliphatic carbocycles. The summed E-state index contributed by atoms with van der Waals surface area (Å²) in [6.45, 7) is 1.26. The SMILES string of the molecule is COc1cc(C(=O)N/C(=C\c2ccc(Br)cc2)C(=O)N[C@@H](C)C(=O)[O-])cc(OC)c1OC. The highest BCUT2D eigenvalue weighted by molar-refractivity contribution is 9.10. The molecule has 0 unspecified atom stereocenters. The van der Waals surface area contributed by atoms with Gasteiger partial charge in [0.2, 0.25) is 5.75 Å². The number of hydrogen-bond donors (Lipinski definition) is 2. The third kappa shape index (κ3) is 6.24. The largest absolute Gasteiger partial charge is 0.548 e. The van der Waals surface area contributed by atoms with Crippen LogP contribution in [0.15, 0.2) is 46.6 Å². The van der Waals surface area contributed by atoms with E-state index in [-0.39, 0.29) is 22.8 Å². The number of carboxylic acid groups (broad SMARTS) is 1. The number of nitrogens with one attached hydrogen (secondary N) is 2. The maximum absolute atomic E-state index is 12.9. The van der Waals surface area contributed by atoms with E-state index in [9.17, 15) is 19.5 Å². The van der Waals surface area contributed by atoms with Crippen LogP contribution in [0.3, 0.4) is 0 Å². The van der Waals surface area contributed by atoms with Gasteiger partial charge in [-0.1, -0.05) is 28.1 Å². The molecule has 170 valence electrons. The molecule has 1 atom stereocenters. The van der Waals surface area contributed by atoms with Crippen LogP contribution in [-0.4, -0.2) is 45.2 Å². The van der Waals surface area contributed by atoms with E-state index < -0.39 is 23.8 Å². The van der Waals surface area contributed by atoms with Gasteiger partial charge in [-0.15, -0.1) is 0 Å². The van der Waals surface area contributed by atoms with Crippen molar-refractivity contribution in [2.45, 2.75) is 13.0 Å². The number of amides is 2. The first-order valence-electron chi connectivity index (χ1n) is 9.30. The van der Waals surface area contributed by atoms with E-state index in [1.807, 2.05) is 0 Å². The number of hydrogen-bond acceptors (Lipinski definition) is 7. The second kappa shape index (κ2) is 11.2. The molecule has 0 heterocycles. The lowest BCUT2D eigenvalue weighted by Crippen LogP contribution is -2.48. The van der Waals surface area contributed by atoms with Crippen LogP contribution < -0.4 is 30.0 Å². The number of carbonyl (C=O) groups excluding carboxylic acids is 3. The monoisotopic (exact) mass is 505 g/mol. The first kappa shape index (κ1) is 24.7. The van der Waals surface area contributed by atoms with Crippen LogP contribution in [-0.2, 0) is 9.59 Å². The van der Waals surface area contributed by atoms with E-state index in [0.29, 0.717) is 11.3 Å². The zero-order valence-corrected chi connectivity index (χ0v) is 19.4. The molecule has 2 aromatic rings. The Labute approximate surface area is 193 Å². The molecule has 2 N–H and O–H groups in total. The Morgan fingerprint density at radius 3 is 2.03 bits per heavy atom. The van der Waals surface area contributed by atoms with Gasteiger partial charge in [-0.3, -0.25) is 9.59 Å². The smallest absolute Gasteiger partial charge is 0.268 e. The van der Waals surface area contributed by atoms with E-state index in [4.69, 9.17) is 14.2 Å². The van der Waals surface area contributed by atoms with E-state index in [0.717, 1.165) is 4.47 Å². The normalized spacial score (nSPS) is 11.8. The Hall–Kier alpha value is -3.53. The lowest BCUT2D eigenvalue weighted by molar-refractivity contribution is -0.307. The van der Waals surface area contributed by atoms with Gasteiger partial charge in [0.05, 0.1) is 33.3 Å². The number of benzene rings is 2. The van der Waals surface area contributed by atoms with Crippen LogP contribution in [0.5, 0.6) is 17.2 Å². The molecule has 0 fully saturated rings. The molecule has 0 radical (unpaired) electrons. The third-order valence-corrected chi connectivity index (χ3v) is 4.83. The summed E-state index contributed by atoms with van der Waals surface area (Å²) < 4.78 is 16.6. The summed E-state index contributed by atoms with van der Waals surface area (Å²) in [6.07, 6.45) is 1.42. The fourth-order valence-corrected chi connectivity index (χ4v) is 2.89. The number of ether oxygens (including phenoxy) is 3. The average Bonchev–Trinajstić information content (AvgIpc) is 2.78. The molecule has 10 heteroatoms. The minimum Gasteiger partial charge on any atom is -0.548 e. The summed E-state index contributed by atoms with van der Waals surface area (Å²) in [5, 5.41) is 15.8. The maximum Gasteiger partial charge on any atom is 0.268 e. The number of methoxy groups -OCH3 is 3. The number of aliphatic carboxylic acids is 1. The molecule has 2 amide bonds. The highest BCUT2D eigenvalue weighted by atomic mass is 79.9. The fourth-order valence-electron chi connectivity index (χ4n) is 2.62. The van der Waals surface area contributed by atoms with Crippen molar-refractivity contribution in [3.8, 4) is 17.2 Å². The minimum absolute atomic E-state index is 0.127. The van der Waals surface area contributed by atoms with Crippen LogP contribution in [0.1, 0.15) is 22.8 Å². The summed E-state index contributed by atoms with van der Waals surface area (Å²) in [5.41, 5.74) is 0.561. The molecule has 0 bridgehead atoms. The maximum atomic E-state index is 12.9. The molecular weight excluding hydrogens is 484 g/mol. The molecule has 0 saturated carbocycles. The molecule has 2 rings (SSSR count). The molecular formula is C22H22BrN2O7-. The highest BCUT2D eigenvalue weighted by Crippen LogP contribution is 2.38. The van der Waals surface area contributed by atoms with Crippen LogP contribution in [0.4, 0.5) is 0 Å². The molecule has 2 aromatic carbocycles. The van der Waals surface area contributed by atoms with Gasteiger partial charge in [-0.2, -0.15) is 0 Å². The van der Waals surface area contributed by atoms with E-state index in [1.165, 1.54) is 46.5 Å². The summed E-state index contributed by atoms with van der Waals surface area (Å²) in [6, 6.07) is 8.52. The van der Waals surface area contributed by atoms with Crippen molar-refractivity contribution >= 4 is 39.8 Å². The van der Waals surface area contributed by atoms with Crippen molar-refractivity contribution in [1.82, 2.24) is 10.6 Å². The van der Waals surface area contributed by atoms with Crippen molar-refractivity contribution < 1.29 is 33.7 Å². The molecule has 0 aromatic heterocycles. The van der Waals surface area contributed by atoms with Gasteiger partial charge < -0.3 is 34.7 Å². The van der Waals surface area contributed by atoms with Crippen molar-refractivity contribution in [3.05, 3.63) is 57.7 Å². The number of carbonyl (C=O) groups is 3. The molecule has 0 aliphatic heterocycles. The second-order valence-corrected chi connectivity index (χ2v) is 7.41. The van der Waals surface area contributed by atoms with E-state index in [1.54, 1.807) is 24.3 Å². The zero-order chi connectivity index (χ0) is 23.8. The predicted octanol–water partition coefficient (Wildman–Crippen LogP) is 1.50. The number of halogens is 1. The van der Waals surface area contributed by atoms with Gasteiger partial charge in [0.25, 0.3) is 11.8 Å². The molecule has 0 saturated heterocycles. The predicted molar refractivity (Wildman–Crippen MR) is 118 cm³/mol. The zero-order valence-electron chi connectivity index (χ0n) is 17.9. The minimum atomic E-state index is -1.46. The topological polar surface area (TPSA) is 126 Å². The van der Waals surface area contributed by atoms with E-state index >= 15 is 0 Å². The van der Waals surface area contributed by atoms with Crippen LogP contribution in [0, 0.1) is 0 Å². The van der Waals surface area contributed by atoms with Crippen molar-refractivity contribution in [2.75, 3.05) is 21.3 Å². The van der Waals surface area contributed by atoms with Crippen molar-refractivity contribution in [2.24, 2.45) is 0 Å².